The Kier molecular flexibility index (Phi) is 3.61. The summed E-state index contributed by atoms with van der Waals surface area (Å²) in [4.78, 5) is 16.1. The Bertz CT molecular complexity index is 771. The van der Waals surface area contributed by atoms with Gasteiger partial charge >= 0.3 is 0 Å². The van der Waals surface area contributed by atoms with Gasteiger partial charge in [-0.2, -0.15) is 0 Å². The number of aromatic amines is 1. The first-order valence-corrected chi connectivity index (χ1v) is 7.37. The first kappa shape index (κ1) is 13.6. The molecule has 0 radical (unpaired) electrons. The molecule has 1 unspecified atom stereocenters. The van der Waals surface area contributed by atoms with Gasteiger partial charge in [-0.1, -0.05) is 49.4 Å². The van der Waals surface area contributed by atoms with E-state index in [1.165, 1.54) is 5.56 Å². The van der Waals surface area contributed by atoms with E-state index in [9.17, 15) is 4.79 Å². The van der Waals surface area contributed by atoms with Gasteiger partial charge < -0.3 is 4.98 Å². The number of Topliss-reactive ketones (excluding diaryl/α,β-unsaturated/α-hetero) is 1. The van der Waals surface area contributed by atoms with Crippen LogP contribution in [0.3, 0.4) is 0 Å². The second-order valence-electron chi connectivity index (χ2n) is 5.49. The smallest absolute Gasteiger partial charge is 0.172 e. The summed E-state index contributed by atoms with van der Waals surface area (Å²) in [5, 5.41) is 1.01. The number of rotatable bonds is 4. The molecule has 0 spiro atoms. The van der Waals surface area contributed by atoms with Gasteiger partial charge in [0.25, 0.3) is 0 Å². The fraction of sp³-hybridized carbons (Fsp3) is 0.211. The number of hydrogen-bond acceptors (Lipinski definition) is 1. The van der Waals surface area contributed by atoms with E-state index in [2.05, 4.69) is 31.0 Å². The number of benzene rings is 2. The topological polar surface area (TPSA) is 32.9 Å². The predicted octanol–water partition coefficient (Wildman–Crippen LogP) is 4.85. The SMILES string of the molecule is CCC(C(=O)c1c[nH]c2cc(C)ccc12)c1ccccc1. The Morgan fingerprint density at radius 2 is 1.90 bits per heavy atom. The predicted molar refractivity (Wildman–Crippen MR) is 86.8 cm³/mol. The Labute approximate surface area is 124 Å². The van der Waals surface area contributed by atoms with E-state index in [-0.39, 0.29) is 11.7 Å². The summed E-state index contributed by atoms with van der Waals surface area (Å²) < 4.78 is 0. The van der Waals surface area contributed by atoms with Crippen LogP contribution >= 0.6 is 0 Å². The summed E-state index contributed by atoms with van der Waals surface area (Å²) >= 11 is 0. The Morgan fingerprint density at radius 3 is 2.62 bits per heavy atom. The molecule has 0 amide bonds. The molecule has 0 bridgehead atoms. The third kappa shape index (κ3) is 2.49. The number of ketones is 1. The van der Waals surface area contributed by atoms with Gasteiger partial charge in [0.15, 0.2) is 5.78 Å². The van der Waals surface area contributed by atoms with Crippen molar-refractivity contribution in [2.45, 2.75) is 26.2 Å². The van der Waals surface area contributed by atoms with Crippen molar-refractivity contribution in [2.75, 3.05) is 0 Å². The standard InChI is InChI=1S/C19H19NO/c1-3-15(14-7-5-4-6-8-14)19(21)17-12-20-18-11-13(2)9-10-16(17)18/h4-12,15,20H,3H2,1-2H3. The zero-order valence-corrected chi connectivity index (χ0v) is 12.4. The summed E-state index contributed by atoms with van der Waals surface area (Å²) in [7, 11) is 0. The van der Waals surface area contributed by atoms with Crippen molar-refractivity contribution in [1.29, 1.82) is 0 Å². The highest BCUT2D eigenvalue weighted by molar-refractivity contribution is 6.10. The van der Waals surface area contributed by atoms with Crippen LogP contribution in [0.5, 0.6) is 0 Å². The second kappa shape index (κ2) is 5.57. The quantitative estimate of drug-likeness (QED) is 0.679. The third-order valence-corrected chi connectivity index (χ3v) is 4.03. The van der Waals surface area contributed by atoms with Gasteiger partial charge in [0.2, 0.25) is 0 Å². The zero-order chi connectivity index (χ0) is 14.8. The van der Waals surface area contributed by atoms with Crippen molar-refractivity contribution in [1.82, 2.24) is 4.98 Å². The molecule has 106 valence electrons. The van der Waals surface area contributed by atoms with Gasteiger partial charge in [-0.15, -0.1) is 0 Å². The van der Waals surface area contributed by atoms with Crippen LogP contribution in [0.1, 0.15) is 40.7 Å². The number of aryl methyl sites for hydroxylation is 1. The Morgan fingerprint density at radius 1 is 1.14 bits per heavy atom. The molecule has 21 heavy (non-hydrogen) atoms. The van der Waals surface area contributed by atoms with Crippen molar-refractivity contribution in [3.05, 3.63) is 71.4 Å². The summed E-state index contributed by atoms with van der Waals surface area (Å²) in [5.74, 6) is 0.116. The fourth-order valence-corrected chi connectivity index (χ4v) is 2.89. The lowest BCUT2D eigenvalue weighted by Crippen LogP contribution is -2.11. The highest BCUT2D eigenvalue weighted by Crippen LogP contribution is 2.28. The molecule has 0 aliphatic carbocycles. The molecular weight excluding hydrogens is 258 g/mol. The maximum atomic E-state index is 12.9. The molecule has 0 fully saturated rings. The largest absolute Gasteiger partial charge is 0.360 e. The molecule has 0 saturated carbocycles. The maximum Gasteiger partial charge on any atom is 0.172 e. The minimum Gasteiger partial charge on any atom is -0.360 e. The number of nitrogens with one attached hydrogen (secondary N) is 1. The van der Waals surface area contributed by atoms with Gasteiger partial charge in [0.05, 0.1) is 0 Å². The van der Waals surface area contributed by atoms with Gasteiger partial charge in [-0.3, -0.25) is 4.79 Å². The van der Waals surface area contributed by atoms with Gasteiger partial charge in [0, 0.05) is 28.6 Å². The third-order valence-electron chi connectivity index (χ3n) is 4.03. The van der Waals surface area contributed by atoms with E-state index in [0.29, 0.717) is 0 Å². The van der Waals surface area contributed by atoms with E-state index in [1.807, 2.05) is 42.6 Å². The highest BCUT2D eigenvalue weighted by Gasteiger charge is 2.22. The summed E-state index contributed by atoms with van der Waals surface area (Å²) in [5.41, 5.74) is 4.10. The number of hydrogen-bond donors (Lipinski definition) is 1. The van der Waals surface area contributed by atoms with Crippen LogP contribution < -0.4 is 0 Å². The van der Waals surface area contributed by atoms with Gasteiger partial charge in [-0.05, 0) is 30.5 Å². The van der Waals surface area contributed by atoms with Crippen LogP contribution in [0.25, 0.3) is 10.9 Å². The molecule has 2 heteroatoms. The first-order chi connectivity index (χ1) is 10.2. The number of carbonyl (C=O) groups excluding carboxylic acids is 1. The first-order valence-electron chi connectivity index (χ1n) is 7.37. The minimum absolute atomic E-state index is 0.0773. The van der Waals surface area contributed by atoms with E-state index in [1.54, 1.807) is 0 Å². The number of fused-ring (bicyclic) bond motifs is 1. The van der Waals surface area contributed by atoms with E-state index >= 15 is 0 Å². The lowest BCUT2D eigenvalue weighted by Gasteiger charge is -2.13. The number of aromatic nitrogens is 1. The fourth-order valence-electron chi connectivity index (χ4n) is 2.89. The lowest BCUT2D eigenvalue weighted by atomic mass is 9.88. The maximum absolute atomic E-state index is 12.9. The summed E-state index contributed by atoms with van der Waals surface area (Å²) in [6.07, 6.45) is 2.65. The van der Waals surface area contributed by atoms with E-state index in [0.717, 1.165) is 28.5 Å². The molecule has 1 heterocycles. The molecule has 2 nitrogen and oxygen atoms in total. The molecule has 1 atom stereocenters. The number of carbonyl (C=O) groups is 1. The van der Waals surface area contributed by atoms with Gasteiger partial charge in [-0.25, -0.2) is 0 Å². The molecule has 1 aromatic heterocycles. The van der Waals surface area contributed by atoms with Crippen LogP contribution in [-0.2, 0) is 0 Å². The van der Waals surface area contributed by atoms with Crippen LogP contribution in [0.4, 0.5) is 0 Å². The monoisotopic (exact) mass is 277 g/mol. The van der Waals surface area contributed by atoms with Crippen LogP contribution in [0, 0.1) is 6.92 Å². The molecule has 3 rings (SSSR count). The van der Waals surface area contributed by atoms with Crippen molar-refractivity contribution in [3.63, 3.8) is 0 Å². The zero-order valence-electron chi connectivity index (χ0n) is 12.4. The van der Waals surface area contributed by atoms with E-state index in [4.69, 9.17) is 0 Å². The summed E-state index contributed by atoms with van der Waals surface area (Å²) in [6.45, 7) is 4.12. The highest BCUT2D eigenvalue weighted by atomic mass is 16.1. The Balaban J connectivity index is 2.03. The van der Waals surface area contributed by atoms with Crippen LogP contribution in [0.2, 0.25) is 0 Å². The lowest BCUT2D eigenvalue weighted by molar-refractivity contribution is 0.0959. The molecule has 0 aliphatic rings. The summed E-state index contributed by atoms with van der Waals surface area (Å²) in [6, 6.07) is 16.2. The Hall–Kier alpha value is -2.35. The van der Waals surface area contributed by atoms with Crippen molar-refractivity contribution in [3.8, 4) is 0 Å². The van der Waals surface area contributed by atoms with Crippen molar-refractivity contribution in [2.24, 2.45) is 0 Å². The van der Waals surface area contributed by atoms with Crippen molar-refractivity contribution >= 4 is 16.7 Å². The molecule has 3 aromatic rings. The average molecular weight is 277 g/mol. The molecule has 0 aliphatic heterocycles. The normalized spacial score (nSPS) is 12.5. The van der Waals surface area contributed by atoms with E-state index < -0.39 is 0 Å². The van der Waals surface area contributed by atoms with Crippen LogP contribution in [0.15, 0.2) is 54.7 Å². The average Bonchev–Trinajstić information content (AvgIpc) is 2.92. The molecule has 1 N–H and O–H groups in total. The molecular formula is C19H19NO. The van der Waals surface area contributed by atoms with Crippen molar-refractivity contribution < 1.29 is 4.79 Å². The molecule has 0 saturated heterocycles. The minimum atomic E-state index is -0.0773. The number of H-pyrrole nitrogens is 1. The second-order valence-corrected chi connectivity index (χ2v) is 5.49. The van der Waals surface area contributed by atoms with Crippen LogP contribution in [-0.4, -0.2) is 10.8 Å². The molecule has 2 aromatic carbocycles. The van der Waals surface area contributed by atoms with Gasteiger partial charge in [0.1, 0.15) is 0 Å².